The number of rotatable bonds is 2. The van der Waals surface area contributed by atoms with E-state index in [2.05, 4.69) is 117 Å². The lowest BCUT2D eigenvalue weighted by Gasteiger charge is -1.98. The van der Waals surface area contributed by atoms with E-state index in [1.165, 1.54) is 32.7 Å². The summed E-state index contributed by atoms with van der Waals surface area (Å²) in [7, 11) is 0. The second kappa shape index (κ2) is 8.46. The molecule has 0 amide bonds. The van der Waals surface area contributed by atoms with Crippen LogP contribution in [0.1, 0.15) is 11.1 Å². The molecule has 0 bridgehead atoms. The Kier molecular flexibility index (Phi) is 6.06. The van der Waals surface area contributed by atoms with Gasteiger partial charge in [0.05, 0.1) is 0 Å². The van der Waals surface area contributed by atoms with Gasteiger partial charge in [0.15, 0.2) is 0 Å². The van der Waals surface area contributed by atoms with Gasteiger partial charge < -0.3 is 0 Å². The zero-order valence-corrected chi connectivity index (χ0v) is 16.4. The fourth-order valence-corrected chi connectivity index (χ4v) is 3.34. The van der Waals surface area contributed by atoms with Crippen molar-refractivity contribution in [3.05, 3.63) is 96.1 Å². The minimum atomic E-state index is 0.928. The molecular weight excluding hydrogens is 424 g/mol. The number of hydrogen-bond donors (Lipinski definition) is 0. The third kappa shape index (κ3) is 4.25. The Morgan fingerprint density at radius 2 is 0.833 bits per heavy atom. The van der Waals surface area contributed by atoms with Crippen LogP contribution in [0.15, 0.2) is 84.9 Å². The van der Waals surface area contributed by atoms with Crippen LogP contribution in [0.5, 0.6) is 0 Å². The van der Waals surface area contributed by atoms with Crippen LogP contribution in [0.4, 0.5) is 0 Å². The number of halogens is 2. The average molecular weight is 442 g/mol. The molecule has 0 saturated carbocycles. The molecule has 0 atom stereocenters. The van der Waals surface area contributed by atoms with Crippen LogP contribution in [0.25, 0.3) is 21.5 Å². The van der Waals surface area contributed by atoms with Crippen LogP contribution in [0.2, 0.25) is 0 Å². The fourth-order valence-electron chi connectivity index (χ4n) is 2.64. The van der Waals surface area contributed by atoms with E-state index in [0.29, 0.717) is 0 Å². The van der Waals surface area contributed by atoms with Gasteiger partial charge in [0.2, 0.25) is 0 Å². The number of fused-ring (bicyclic) bond motifs is 2. The molecule has 120 valence electrons. The van der Waals surface area contributed by atoms with Crippen molar-refractivity contribution in [2.75, 3.05) is 0 Å². The Balaban J connectivity index is 0.000000141. The predicted molar refractivity (Wildman–Crippen MR) is 113 cm³/mol. The van der Waals surface area contributed by atoms with Crippen molar-refractivity contribution < 1.29 is 0 Å². The van der Waals surface area contributed by atoms with Crippen LogP contribution in [0.3, 0.4) is 0 Å². The van der Waals surface area contributed by atoms with E-state index in [1.807, 2.05) is 0 Å². The highest BCUT2D eigenvalue weighted by Gasteiger charge is 1.93. The zero-order valence-electron chi connectivity index (χ0n) is 13.3. The van der Waals surface area contributed by atoms with E-state index in [4.69, 9.17) is 0 Å². The zero-order chi connectivity index (χ0) is 16.8. The second-order valence-electron chi connectivity index (χ2n) is 5.63. The Morgan fingerprint density at radius 3 is 1.21 bits per heavy atom. The summed E-state index contributed by atoms with van der Waals surface area (Å²) in [6, 6.07) is 29.9. The summed E-state index contributed by atoms with van der Waals surface area (Å²) in [6.07, 6.45) is 0. The highest BCUT2D eigenvalue weighted by atomic mass is 79.9. The summed E-state index contributed by atoms with van der Waals surface area (Å²) in [4.78, 5) is 0. The molecule has 0 radical (unpaired) electrons. The molecule has 2 heteroatoms. The van der Waals surface area contributed by atoms with Gasteiger partial charge in [-0.2, -0.15) is 0 Å². The summed E-state index contributed by atoms with van der Waals surface area (Å²) >= 11 is 6.89. The first-order valence-corrected chi connectivity index (χ1v) is 10.1. The van der Waals surface area contributed by atoms with E-state index < -0.39 is 0 Å². The highest BCUT2D eigenvalue weighted by Crippen LogP contribution is 2.17. The molecule has 0 heterocycles. The average Bonchev–Trinajstić information content (AvgIpc) is 2.67. The SMILES string of the molecule is BrCc1ccc2ccccc2c1.BrCc1ccc2ccccc2c1. The van der Waals surface area contributed by atoms with E-state index in [0.717, 1.165) is 10.7 Å². The highest BCUT2D eigenvalue weighted by molar-refractivity contribution is 9.08. The summed E-state index contributed by atoms with van der Waals surface area (Å²) in [5.74, 6) is 0. The molecule has 0 nitrogen and oxygen atoms in total. The van der Waals surface area contributed by atoms with Gasteiger partial charge in [0.1, 0.15) is 0 Å². The minimum absolute atomic E-state index is 0.928. The predicted octanol–water partition coefficient (Wildman–Crippen LogP) is 7.47. The van der Waals surface area contributed by atoms with E-state index in [1.54, 1.807) is 0 Å². The maximum Gasteiger partial charge on any atom is 0.0283 e. The van der Waals surface area contributed by atoms with Crippen molar-refractivity contribution >= 4 is 53.4 Å². The summed E-state index contributed by atoms with van der Waals surface area (Å²) < 4.78 is 0. The summed E-state index contributed by atoms with van der Waals surface area (Å²) in [6.45, 7) is 0. The monoisotopic (exact) mass is 440 g/mol. The molecular formula is C22H18Br2. The Hall–Kier alpha value is -1.64. The first-order valence-electron chi connectivity index (χ1n) is 7.87. The summed E-state index contributed by atoms with van der Waals surface area (Å²) in [5, 5.41) is 7.10. The number of hydrogen-bond acceptors (Lipinski definition) is 0. The largest absolute Gasteiger partial charge is 0.0876 e. The molecule has 0 aliphatic carbocycles. The van der Waals surface area contributed by atoms with E-state index in [9.17, 15) is 0 Å². The standard InChI is InChI=1S/2C11H9Br/c2*12-8-9-5-6-10-3-1-2-4-11(10)7-9/h2*1-7H,8H2. The number of alkyl halides is 2. The molecule has 0 N–H and O–H groups in total. The van der Waals surface area contributed by atoms with Crippen molar-refractivity contribution in [2.24, 2.45) is 0 Å². The van der Waals surface area contributed by atoms with Gasteiger partial charge in [-0.25, -0.2) is 0 Å². The van der Waals surface area contributed by atoms with Gasteiger partial charge in [0, 0.05) is 10.7 Å². The van der Waals surface area contributed by atoms with Gasteiger partial charge >= 0.3 is 0 Å². The van der Waals surface area contributed by atoms with Crippen LogP contribution in [-0.4, -0.2) is 0 Å². The quantitative estimate of drug-likeness (QED) is 0.283. The maximum absolute atomic E-state index is 3.44. The van der Waals surface area contributed by atoms with Crippen LogP contribution >= 0.6 is 31.9 Å². The molecule has 0 aliphatic rings. The molecule has 4 aromatic rings. The smallest absolute Gasteiger partial charge is 0.0283 e. The van der Waals surface area contributed by atoms with Crippen molar-refractivity contribution in [1.82, 2.24) is 0 Å². The van der Waals surface area contributed by atoms with Crippen molar-refractivity contribution in [2.45, 2.75) is 10.7 Å². The molecule has 0 unspecified atom stereocenters. The molecule has 4 aromatic carbocycles. The van der Waals surface area contributed by atoms with E-state index in [-0.39, 0.29) is 0 Å². The molecule has 0 aliphatic heterocycles. The first-order chi connectivity index (χ1) is 11.8. The topological polar surface area (TPSA) is 0 Å². The lowest BCUT2D eigenvalue weighted by atomic mass is 10.1. The van der Waals surface area contributed by atoms with Crippen LogP contribution in [0, 0.1) is 0 Å². The molecule has 0 saturated heterocycles. The second-order valence-corrected chi connectivity index (χ2v) is 6.75. The van der Waals surface area contributed by atoms with Crippen molar-refractivity contribution in [1.29, 1.82) is 0 Å². The van der Waals surface area contributed by atoms with Gasteiger partial charge in [-0.15, -0.1) is 0 Å². The van der Waals surface area contributed by atoms with Crippen molar-refractivity contribution in [3.63, 3.8) is 0 Å². The summed E-state index contributed by atoms with van der Waals surface area (Å²) in [5.41, 5.74) is 2.66. The van der Waals surface area contributed by atoms with E-state index >= 15 is 0 Å². The normalized spacial score (nSPS) is 10.4. The lowest BCUT2D eigenvalue weighted by molar-refractivity contribution is 1.47. The third-order valence-electron chi connectivity index (χ3n) is 3.94. The Labute approximate surface area is 159 Å². The lowest BCUT2D eigenvalue weighted by Crippen LogP contribution is -1.77. The molecule has 4 rings (SSSR count). The Bertz CT molecular complexity index is 865. The molecule has 0 spiro atoms. The van der Waals surface area contributed by atoms with Crippen LogP contribution in [-0.2, 0) is 10.7 Å². The third-order valence-corrected chi connectivity index (χ3v) is 5.23. The van der Waals surface area contributed by atoms with Gasteiger partial charge in [0.25, 0.3) is 0 Å². The fraction of sp³-hybridized carbons (Fsp3) is 0.0909. The molecule has 24 heavy (non-hydrogen) atoms. The molecule has 0 aromatic heterocycles. The minimum Gasteiger partial charge on any atom is -0.0876 e. The van der Waals surface area contributed by atoms with Gasteiger partial charge in [-0.05, 0) is 32.7 Å². The number of benzene rings is 4. The maximum atomic E-state index is 3.44. The first kappa shape index (κ1) is 17.2. The van der Waals surface area contributed by atoms with Gasteiger partial charge in [-0.3, -0.25) is 0 Å². The Morgan fingerprint density at radius 1 is 0.458 bits per heavy atom. The van der Waals surface area contributed by atoms with Crippen LogP contribution < -0.4 is 0 Å². The van der Waals surface area contributed by atoms with Gasteiger partial charge in [-0.1, -0.05) is 117 Å². The van der Waals surface area contributed by atoms with Crippen molar-refractivity contribution in [3.8, 4) is 0 Å². The molecule has 0 fully saturated rings.